The Kier molecular flexibility index (Phi) is 3.19. The molecule has 0 aromatic rings. The molecular formula is C12H19N4+. The molecule has 0 unspecified atom stereocenters. The molecular weight excluding hydrogens is 200 g/mol. The molecule has 0 atom stereocenters. The molecule has 4 heteroatoms. The Morgan fingerprint density at radius 2 is 1.94 bits per heavy atom. The van der Waals surface area contributed by atoms with Crippen molar-refractivity contribution in [2.75, 3.05) is 39.3 Å². The normalized spacial score (nSPS) is 22.2. The van der Waals surface area contributed by atoms with Gasteiger partial charge in [0.05, 0.1) is 13.1 Å². The minimum absolute atomic E-state index is 0.818. The Balaban J connectivity index is 2.26. The highest BCUT2D eigenvalue weighted by Gasteiger charge is 2.40. The SMILES string of the molecule is C=CC[N+]1(CC=C)CCN=C1C1=NCCN1. The summed E-state index contributed by atoms with van der Waals surface area (Å²) in [6.07, 6.45) is 3.92. The lowest BCUT2D eigenvalue weighted by atomic mass is 10.3. The minimum Gasteiger partial charge on any atom is -0.362 e. The van der Waals surface area contributed by atoms with Crippen molar-refractivity contribution in [2.45, 2.75) is 0 Å². The van der Waals surface area contributed by atoms with Crippen LogP contribution in [0.4, 0.5) is 0 Å². The van der Waals surface area contributed by atoms with Crippen LogP contribution >= 0.6 is 0 Å². The molecule has 0 saturated carbocycles. The molecule has 0 bridgehead atoms. The van der Waals surface area contributed by atoms with E-state index in [1.807, 2.05) is 12.2 Å². The van der Waals surface area contributed by atoms with Gasteiger partial charge in [0.25, 0.3) is 5.84 Å². The second kappa shape index (κ2) is 4.61. The lowest BCUT2D eigenvalue weighted by Crippen LogP contribution is -2.55. The van der Waals surface area contributed by atoms with Gasteiger partial charge in [-0.15, -0.1) is 0 Å². The van der Waals surface area contributed by atoms with Crippen molar-refractivity contribution in [3.05, 3.63) is 25.3 Å². The van der Waals surface area contributed by atoms with Gasteiger partial charge in [-0.3, -0.25) is 9.48 Å². The Hall–Kier alpha value is -1.42. The monoisotopic (exact) mass is 219 g/mol. The molecule has 2 aliphatic heterocycles. The van der Waals surface area contributed by atoms with E-state index in [-0.39, 0.29) is 0 Å². The van der Waals surface area contributed by atoms with Crippen LogP contribution in [-0.2, 0) is 0 Å². The topological polar surface area (TPSA) is 36.8 Å². The highest BCUT2D eigenvalue weighted by atomic mass is 15.4. The van der Waals surface area contributed by atoms with E-state index < -0.39 is 0 Å². The first-order valence-corrected chi connectivity index (χ1v) is 5.74. The van der Waals surface area contributed by atoms with E-state index in [1.165, 1.54) is 0 Å². The first-order valence-electron chi connectivity index (χ1n) is 5.74. The zero-order chi connectivity index (χ0) is 11.4. The van der Waals surface area contributed by atoms with Gasteiger partial charge in [-0.2, -0.15) is 0 Å². The Morgan fingerprint density at radius 1 is 1.19 bits per heavy atom. The van der Waals surface area contributed by atoms with Crippen molar-refractivity contribution in [2.24, 2.45) is 9.98 Å². The maximum Gasteiger partial charge on any atom is 0.266 e. The third kappa shape index (κ3) is 1.80. The maximum atomic E-state index is 4.61. The Bertz CT molecular complexity index is 344. The molecule has 0 amide bonds. The fourth-order valence-electron chi connectivity index (χ4n) is 2.37. The third-order valence-electron chi connectivity index (χ3n) is 3.08. The molecule has 86 valence electrons. The first kappa shape index (κ1) is 11.1. The van der Waals surface area contributed by atoms with Crippen LogP contribution in [0.2, 0.25) is 0 Å². The minimum atomic E-state index is 0.818. The zero-order valence-electron chi connectivity index (χ0n) is 9.65. The molecule has 0 aromatic heterocycles. The zero-order valence-corrected chi connectivity index (χ0v) is 9.65. The van der Waals surface area contributed by atoms with Crippen LogP contribution < -0.4 is 5.32 Å². The largest absolute Gasteiger partial charge is 0.362 e. The van der Waals surface area contributed by atoms with Crippen molar-refractivity contribution in [3.8, 4) is 0 Å². The number of hydrogen-bond acceptors (Lipinski definition) is 3. The summed E-state index contributed by atoms with van der Waals surface area (Å²) in [7, 11) is 0. The summed E-state index contributed by atoms with van der Waals surface area (Å²) in [4.78, 5) is 9.08. The van der Waals surface area contributed by atoms with E-state index in [9.17, 15) is 0 Å². The molecule has 0 radical (unpaired) electrons. The van der Waals surface area contributed by atoms with Crippen molar-refractivity contribution in [1.29, 1.82) is 0 Å². The fourth-order valence-corrected chi connectivity index (χ4v) is 2.37. The summed E-state index contributed by atoms with van der Waals surface area (Å²) in [5.74, 6) is 2.05. The second-order valence-electron chi connectivity index (χ2n) is 4.17. The van der Waals surface area contributed by atoms with Crippen LogP contribution in [-0.4, -0.2) is 55.4 Å². The predicted molar refractivity (Wildman–Crippen MR) is 67.9 cm³/mol. The smallest absolute Gasteiger partial charge is 0.266 e. The molecule has 0 fully saturated rings. The molecule has 2 rings (SSSR count). The van der Waals surface area contributed by atoms with Gasteiger partial charge >= 0.3 is 0 Å². The van der Waals surface area contributed by atoms with Crippen LogP contribution in [0.15, 0.2) is 35.3 Å². The van der Waals surface area contributed by atoms with Crippen molar-refractivity contribution in [1.82, 2.24) is 5.32 Å². The number of rotatable bonds is 5. The quantitative estimate of drug-likeness (QED) is 0.533. The Labute approximate surface area is 96.7 Å². The van der Waals surface area contributed by atoms with Gasteiger partial charge < -0.3 is 5.32 Å². The number of quaternary nitrogens is 1. The van der Waals surface area contributed by atoms with Crippen molar-refractivity contribution >= 4 is 11.7 Å². The summed E-state index contributed by atoms with van der Waals surface area (Å²) in [6.45, 7) is 13.2. The fraction of sp³-hybridized carbons (Fsp3) is 0.500. The highest BCUT2D eigenvalue weighted by molar-refractivity contribution is 6.38. The lowest BCUT2D eigenvalue weighted by Gasteiger charge is -2.32. The standard InChI is InChI=1S/C12H19N4/c1-3-8-16(9-4-2)10-7-15-12(16)11-13-5-6-14-11/h3-4H,1-2,5-10H2,(H,13,14)/q+1. The molecule has 2 heterocycles. The third-order valence-corrected chi connectivity index (χ3v) is 3.08. The van der Waals surface area contributed by atoms with Gasteiger partial charge in [-0.1, -0.05) is 13.2 Å². The number of nitrogens with one attached hydrogen (secondary N) is 1. The second-order valence-corrected chi connectivity index (χ2v) is 4.17. The molecule has 0 saturated heterocycles. The van der Waals surface area contributed by atoms with Crippen LogP contribution in [0.25, 0.3) is 0 Å². The maximum absolute atomic E-state index is 4.61. The summed E-state index contributed by atoms with van der Waals surface area (Å²) < 4.78 is 0.818. The predicted octanol–water partition coefficient (Wildman–Crippen LogP) is 0.589. The van der Waals surface area contributed by atoms with E-state index in [1.54, 1.807) is 0 Å². The van der Waals surface area contributed by atoms with Gasteiger partial charge in [0.1, 0.15) is 19.6 Å². The van der Waals surface area contributed by atoms with Gasteiger partial charge in [-0.05, 0) is 12.2 Å². The summed E-state index contributed by atoms with van der Waals surface area (Å²) in [5.41, 5.74) is 0. The van der Waals surface area contributed by atoms with Crippen LogP contribution in [0.1, 0.15) is 0 Å². The lowest BCUT2D eigenvalue weighted by molar-refractivity contribution is -0.820. The van der Waals surface area contributed by atoms with Gasteiger partial charge in [-0.25, -0.2) is 4.99 Å². The summed E-state index contributed by atoms with van der Waals surface area (Å²) >= 11 is 0. The van der Waals surface area contributed by atoms with Gasteiger partial charge in [0, 0.05) is 6.54 Å². The molecule has 0 aromatic carbocycles. The van der Waals surface area contributed by atoms with Crippen LogP contribution in [0.5, 0.6) is 0 Å². The van der Waals surface area contributed by atoms with E-state index in [4.69, 9.17) is 0 Å². The molecule has 16 heavy (non-hydrogen) atoms. The summed E-state index contributed by atoms with van der Waals surface area (Å²) in [6, 6.07) is 0. The van der Waals surface area contributed by atoms with Crippen LogP contribution in [0.3, 0.4) is 0 Å². The van der Waals surface area contributed by atoms with Gasteiger partial charge in [0.15, 0.2) is 0 Å². The number of hydrogen-bond donors (Lipinski definition) is 1. The van der Waals surface area contributed by atoms with E-state index in [0.29, 0.717) is 0 Å². The van der Waals surface area contributed by atoms with E-state index in [0.717, 1.165) is 55.4 Å². The number of amidine groups is 2. The molecule has 0 spiro atoms. The summed E-state index contributed by atoms with van der Waals surface area (Å²) in [5, 5.41) is 3.31. The average Bonchev–Trinajstić information content (AvgIpc) is 2.87. The van der Waals surface area contributed by atoms with Gasteiger partial charge in [0.2, 0.25) is 5.84 Å². The van der Waals surface area contributed by atoms with E-state index >= 15 is 0 Å². The Morgan fingerprint density at radius 3 is 2.50 bits per heavy atom. The number of nitrogens with zero attached hydrogens (tertiary/aromatic N) is 3. The van der Waals surface area contributed by atoms with E-state index in [2.05, 4.69) is 28.5 Å². The first-order chi connectivity index (χ1) is 7.82. The van der Waals surface area contributed by atoms with Crippen molar-refractivity contribution < 1.29 is 4.48 Å². The molecule has 0 aliphatic carbocycles. The highest BCUT2D eigenvalue weighted by Crippen LogP contribution is 2.17. The average molecular weight is 219 g/mol. The van der Waals surface area contributed by atoms with Crippen molar-refractivity contribution in [3.63, 3.8) is 0 Å². The number of aliphatic imine (C=N–C) groups is 2. The molecule has 4 nitrogen and oxygen atoms in total. The van der Waals surface area contributed by atoms with Crippen LogP contribution in [0, 0.1) is 0 Å². The molecule has 1 N–H and O–H groups in total. The molecule has 2 aliphatic rings.